The van der Waals surface area contributed by atoms with Gasteiger partial charge < -0.3 is 5.11 Å². The molecule has 1 aromatic carbocycles. The number of aliphatic hydroxyl groups is 1. The summed E-state index contributed by atoms with van der Waals surface area (Å²) in [5, 5.41) is 9.24. The number of hydrogen-bond donors (Lipinski definition) is 1. The first-order chi connectivity index (χ1) is 7.00. The Hall–Kier alpha value is -0.610. The van der Waals surface area contributed by atoms with Gasteiger partial charge in [-0.2, -0.15) is 11.8 Å². The zero-order chi connectivity index (χ0) is 11.4. The van der Waals surface area contributed by atoms with Crippen molar-refractivity contribution in [3.8, 4) is 0 Å². The summed E-state index contributed by atoms with van der Waals surface area (Å²) in [7, 11) is 0. The van der Waals surface area contributed by atoms with Crippen molar-refractivity contribution in [3.63, 3.8) is 0 Å². The van der Waals surface area contributed by atoms with Crippen LogP contribution in [0.15, 0.2) is 18.2 Å². The van der Waals surface area contributed by atoms with Crippen LogP contribution in [0.2, 0.25) is 0 Å². The molecular formula is C11H14F2OS. The lowest BCUT2D eigenvalue weighted by atomic mass is 10.2. The third kappa shape index (κ3) is 3.80. The van der Waals surface area contributed by atoms with Gasteiger partial charge in [0.05, 0.1) is 6.10 Å². The lowest BCUT2D eigenvalue weighted by Gasteiger charge is -2.14. The van der Waals surface area contributed by atoms with Gasteiger partial charge in [-0.25, -0.2) is 8.78 Å². The Labute approximate surface area is 92.5 Å². The van der Waals surface area contributed by atoms with E-state index in [4.69, 9.17) is 0 Å². The molecule has 0 radical (unpaired) electrons. The maximum absolute atomic E-state index is 13.2. The number of rotatable bonds is 4. The van der Waals surface area contributed by atoms with Crippen molar-refractivity contribution >= 4 is 11.8 Å². The lowest BCUT2D eigenvalue weighted by Crippen LogP contribution is -2.15. The molecule has 0 amide bonds. The van der Waals surface area contributed by atoms with E-state index in [9.17, 15) is 13.9 Å². The van der Waals surface area contributed by atoms with Crippen molar-refractivity contribution in [2.45, 2.75) is 31.0 Å². The number of thioether (sulfide) groups is 1. The second-order valence-corrected chi connectivity index (χ2v) is 4.86. The van der Waals surface area contributed by atoms with Crippen molar-refractivity contribution in [1.82, 2.24) is 0 Å². The van der Waals surface area contributed by atoms with Gasteiger partial charge in [-0.3, -0.25) is 0 Å². The van der Waals surface area contributed by atoms with Gasteiger partial charge in [-0.15, -0.1) is 0 Å². The van der Waals surface area contributed by atoms with Crippen molar-refractivity contribution in [3.05, 3.63) is 35.4 Å². The zero-order valence-electron chi connectivity index (χ0n) is 8.71. The molecule has 15 heavy (non-hydrogen) atoms. The normalized spacial score (nSPS) is 15.0. The standard InChI is InChI=1S/C11H14F2OS/c1-7(14)8(2)15-6-9-5-10(12)3-4-11(9)13/h3-5,7-8,14H,6H2,1-2H3. The Morgan fingerprint density at radius 2 is 2.00 bits per heavy atom. The van der Waals surface area contributed by atoms with E-state index in [-0.39, 0.29) is 5.25 Å². The van der Waals surface area contributed by atoms with Crippen LogP contribution in [0.5, 0.6) is 0 Å². The summed E-state index contributed by atoms with van der Waals surface area (Å²) in [5.74, 6) is -0.464. The van der Waals surface area contributed by atoms with Crippen molar-refractivity contribution in [1.29, 1.82) is 0 Å². The molecule has 0 aromatic heterocycles. The SMILES string of the molecule is CC(O)C(C)SCc1cc(F)ccc1F. The maximum Gasteiger partial charge on any atom is 0.127 e. The van der Waals surface area contributed by atoms with E-state index >= 15 is 0 Å². The zero-order valence-corrected chi connectivity index (χ0v) is 9.52. The Morgan fingerprint density at radius 3 is 2.60 bits per heavy atom. The van der Waals surface area contributed by atoms with Gasteiger partial charge in [-0.05, 0) is 25.1 Å². The van der Waals surface area contributed by atoms with Gasteiger partial charge in [0.25, 0.3) is 0 Å². The van der Waals surface area contributed by atoms with E-state index in [0.717, 1.165) is 12.1 Å². The molecule has 1 nitrogen and oxygen atoms in total. The molecule has 1 aromatic rings. The molecule has 0 aliphatic heterocycles. The molecule has 0 heterocycles. The Bertz CT molecular complexity index is 328. The third-order valence-corrected chi connectivity index (χ3v) is 3.59. The second-order valence-electron chi connectivity index (χ2n) is 3.49. The predicted molar refractivity (Wildman–Crippen MR) is 58.8 cm³/mol. The molecule has 0 aliphatic carbocycles. The van der Waals surface area contributed by atoms with E-state index in [1.165, 1.54) is 17.8 Å². The summed E-state index contributed by atoms with van der Waals surface area (Å²) in [6.45, 7) is 3.53. The summed E-state index contributed by atoms with van der Waals surface area (Å²) in [6, 6.07) is 3.41. The fraction of sp³-hybridized carbons (Fsp3) is 0.455. The molecule has 0 saturated carbocycles. The highest BCUT2D eigenvalue weighted by molar-refractivity contribution is 7.99. The number of halogens is 2. The molecule has 0 spiro atoms. The topological polar surface area (TPSA) is 20.2 Å². The first-order valence-corrected chi connectivity index (χ1v) is 5.79. The van der Waals surface area contributed by atoms with Crippen LogP contribution >= 0.6 is 11.8 Å². The van der Waals surface area contributed by atoms with Crippen molar-refractivity contribution in [2.24, 2.45) is 0 Å². The smallest absolute Gasteiger partial charge is 0.127 e. The van der Waals surface area contributed by atoms with Crippen LogP contribution < -0.4 is 0 Å². The number of hydrogen-bond acceptors (Lipinski definition) is 2. The number of aliphatic hydroxyl groups excluding tert-OH is 1. The predicted octanol–water partition coefficient (Wildman–Crippen LogP) is 2.97. The molecule has 84 valence electrons. The van der Waals surface area contributed by atoms with Crippen molar-refractivity contribution in [2.75, 3.05) is 0 Å². The highest BCUT2D eigenvalue weighted by atomic mass is 32.2. The second kappa shape index (κ2) is 5.47. The van der Waals surface area contributed by atoms with Crippen LogP contribution in [0.3, 0.4) is 0 Å². The third-order valence-electron chi connectivity index (χ3n) is 2.19. The average molecular weight is 232 g/mol. The Kier molecular flexibility index (Phi) is 4.54. The summed E-state index contributed by atoms with van der Waals surface area (Å²) < 4.78 is 26.0. The van der Waals surface area contributed by atoms with Gasteiger partial charge in [0.15, 0.2) is 0 Å². The van der Waals surface area contributed by atoms with Gasteiger partial charge in [0.1, 0.15) is 11.6 Å². The van der Waals surface area contributed by atoms with Crippen LogP contribution in [0, 0.1) is 11.6 Å². The summed E-state index contributed by atoms with van der Waals surface area (Å²) in [5.41, 5.74) is 0.340. The van der Waals surface area contributed by atoms with E-state index in [0.29, 0.717) is 11.3 Å². The van der Waals surface area contributed by atoms with Gasteiger partial charge >= 0.3 is 0 Å². The van der Waals surface area contributed by atoms with Crippen LogP contribution in [-0.4, -0.2) is 16.5 Å². The molecule has 1 N–H and O–H groups in total. The van der Waals surface area contributed by atoms with Crippen molar-refractivity contribution < 1.29 is 13.9 Å². The Balaban J connectivity index is 2.61. The molecule has 0 bridgehead atoms. The van der Waals surface area contributed by atoms with Crippen LogP contribution in [0.1, 0.15) is 19.4 Å². The lowest BCUT2D eigenvalue weighted by molar-refractivity contribution is 0.196. The molecule has 4 heteroatoms. The average Bonchev–Trinajstić information content (AvgIpc) is 2.18. The fourth-order valence-electron chi connectivity index (χ4n) is 1.01. The van der Waals surface area contributed by atoms with Crippen LogP contribution in [0.4, 0.5) is 8.78 Å². The van der Waals surface area contributed by atoms with E-state index in [1.807, 2.05) is 6.92 Å². The van der Waals surface area contributed by atoms with Gasteiger partial charge in [0, 0.05) is 16.6 Å². The number of benzene rings is 1. The molecular weight excluding hydrogens is 218 g/mol. The van der Waals surface area contributed by atoms with Crippen LogP contribution in [0.25, 0.3) is 0 Å². The maximum atomic E-state index is 13.2. The molecule has 1 rings (SSSR count). The van der Waals surface area contributed by atoms with Gasteiger partial charge in [0.2, 0.25) is 0 Å². The van der Waals surface area contributed by atoms with E-state index in [2.05, 4.69) is 0 Å². The van der Waals surface area contributed by atoms with Crippen LogP contribution in [-0.2, 0) is 5.75 Å². The quantitative estimate of drug-likeness (QED) is 0.861. The minimum atomic E-state index is -0.452. The molecule has 0 fully saturated rings. The van der Waals surface area contributed by atoms with E-state index < -0.39 is 17.7 Å². The first kappa shape index (κ1) is 12.5. The highest BCUT2D eigenvalue weighted by Crippen LogP contribution is 2.22. The van der Waals surface area contributed by atoms with Gasteiger partial charge in [-0.1, -0.05) is 6.92 Å². The molecule has 2 unspecified atom stereocenters. The Morgan fingerprint density at radius 1 is 1.33 bits per heavy atom. The summed E-state index contributed by atoms with van der Waals surface area (Å²) >= 11 is 1.40. The molecule has 0 aliphatic rings. The summed E-state index contributed by atoms with van der Waals surface area (Å²) in [4.78, 5) is 0. The first-order valence-electron chi connectivity index (χ1n) is 4.74. The largest absolute Gasteiger partial charge is 0.392 e. The molecule has 2 atom stereocenters. The minimum absolute atomic E-state index is 0.00710. The summed E-state index contributed by atoms with van der Waals surface area (Å²) in [6.07, 6.45) is -0.452. The molecule has 0 saturated heterocycles. The fourth-order valence-corrected chi connectivity index (χ4v) is 1.96. The monoisotopic (exact) mass is 232 g/mol. The highest BCUT2D eigenvalue weighted by Gasteiger charge is 2.11. The van der Waals surface area contributed by atoms with E-state index in [1.54, 1.807) is 6.92 Å². The minimum Gasteiger partial charge on any atom is -0.392 e.